The Morgan fingerprint density at radius 1 is 1.35 bits per heavy atom. The van der Waals surface area contributed by atoms with E-state index in [2.05, 4.69) is 15.6 Å². The van der Waals surface area contributed by atoms with Gasteiger partial charge < -0.3 is 20.8 Å². The number of carbonyl (C=O) groups is 2. The fraction of sp³-hybridized carbons (Fsp3) is 0.118. The van der Waals surface area contributed by atoms with Crippen LogP contribution in [0.4, 0.5) is 10.8 Å². The number of benzene rings is 1. The molecule has 4 N–H and O–H groups in total. The predicted octanol–water partition coefficient (Wildman–Crippen LogP) is 2.08. The molecule has 0 aliphatic carbocycles. The van der Waals surface area contributed by atoms with Crippen molar-refractivity contribution in [2.75, 3.05) is 17.6 Å². The molecule has 0 bridgehead atoms. The summed E-state index contributed by atoms with van der Waals surface area (Å²) in [7, 11) is 1.82. The quantitative estimate of drug-likeness (QED) is 0.459. The van der Waals surface area contributed by atoms with Gasteiger partial charge in [-0.15, -0.1) is 11.3 Å². The van der Waals surface area contributed by atoms with Crippen molar-refractivity contribution in [2.24, 2.45) is 0 Å². The number of nitrogens with two attached hydrogens (primary N) is 1. The van der Waals surface area contributed by atoms with Crippen LogP contribution in [0.15, 0.2) is 48.1 Å². The molecule has 0 saturated heterocycles. The van der Waals surface area contributed by atoms with Gasteiger partial charge in [-0.2, -0.15) is 0 Å². The smallest absolute Gasteiger partial charge is 0.253 e. The van der Waals surface area contributed by atoms with Crippen LogP contribution in [0.2, 0.25) is 6.82 Å². The lowest BCUT2D eigenvalue weighted by molar-refractivity contribution is -0.115. The highest BCUT2D eigenvalue weighted by molar-refractivity contribution is 7.14. The zero-order valence-corrected chi connectivity index (χ0v) is 14.9. The fourth-order valence-electron chi connectivity index (χ4n) is 2.30. The number of nitrogens with zero attached hydrogens (tertiary/aromatic N) is 2. The van der Waals surface area contributed by atoms with Crippen molar-refractivity contribution >= 4 is 41.4 Å². The third-order valence-corrected chi connectivity index (χ3v) is 4.37. The molecule has 9 heteroatoms. The van der Waals surface area contributed by atoms with Gasteiger partial charge in [0.2, 0.25) is 13.3 Å². The first kappa shape index (κ1) is 17.7. The number of thiazole rings is 1. The van der Waals surface area contributed by atoms with Crippen molar-refractivity contribution in [2.45, 2.75) is 6.82 Å². The normalized spacial score (nSPS) is 10.3. The number of hydrogen-bond donors (Lipinski definition) is 3. The lowest BCUT2D eigenvalue weighted by atomic mass is 10.0. The molecule has 131 valence electrons. The summed E-state index contributed by atoms with van der Waals surface area (Å²) in [4.78, 5) is 28.4. The van der Waals surface area contributed by atoms with E-state index in [9.17, 15) is 9.59 Å². The van der Waals surface area contributed by atoms with Gasteiger partial charge in [-0.05, 0) is 24.4 Å². The van der Waals surface area contributed by atoms with Crippen molar-refractivity contribution in [3.8, 4) is 11.3 Å². The van der Waals surface area contributed by atoms with Crippen molar-refractivity contribution < 1.29 is 9.59 Å². The van der Waals surface area contributed by atoms with Crippen molar-refractivity contribution in [3.63, 3.8) is 0 Å². The number of rotatable bonds is 6. The average molecular weight is 366 g/mol. The monoisotopic (exact) mass is 366 g/mol. The van der Waals surface area contributed by atoms with Crippen molar-refractivity contribution in [3.05, 3.63) is 53.7 Å². The second-order valence-corrected chi connectivity index (χ2v) is 6.36. The van der Waals surface area contributed by atoms with E-state index in [0.717, 1.165) is 11.3 Å². The van der Waals surface area contributed by atoms with Crippen LogP contribution in [0.3, 0.4) is 0 Å². The van der Waals surface area contributed by atoms with Crippen LogP contribution >= 0.6 is 11.3 Å². The second-order valence-electron chi connectivity index (χ2n) is 5.50. The Morgan fingerprint density at radius 3 is 2.92 bits per heavy atom. The van der Waals surface area contributed by atoms with Crippen LogP contribution in [0.25, 0.3) is 11.3 Å². The summed E-state index contributed by atoms with van der Waals surface area (Å²) in [6.45, 7) is 1.73. The van der Waals surface area contributed by atoms with Crippen LogP contribution < -0.4 is 16.4 Å². The van der Waals surface area contributed by atoms with Crippen LogP contribution in [0.1, 0.15) is 10.4 Å². The highest BCUT2D eigenvalue weighted by atomic mass is 32.1. The van der Waals surface area contributed by atoms with E-state index < -0.39 is 0 Å². The largest absolute Gasteiger partial charge is 0.402 e. The van der Waals surface area contributed by atoms with Gasteiger partial charge in [-0.25, -0.2) is 4.98 Å². The number of anilines is 2. The minimum Gasteiger partial charge on any atom is -0.402 e. The first-order chi connectivity index (χ1) is 12.5. The fourth-order valence-corrected chi connectivity index (χ4v) is 3.03. The average Bonchev–Trinajstić information content (AvgIpc) is 3.29. The minimum absolute atomic E-state index is 0.132. The molecule has 3 aromatic rings. The molecule has 0 unspecified atom stereocenters. The molecule has 0 fully saturated rings. The lowest BCUT2D eigenvalue weighted by Gasteiger charge is -2.04. The van der Waals surface area contributed by atoms with Gasteiger partial charge in [0.25, 0.3) is 5.91 Å². The maximum Gasteiger partial charge on any atom is 0.253 e. The first-order valence-electron chi connectivity index (χ1n) is 7.91. The molecule has 0 aliphatic rings. The van der Waals surface area contributed by atoms with Crippen LogP contribution in [-0.4, -0.2) is 35.2 Å². The summed E-state index contributed by atoms with van der Waals surface area (Å²) in [6, 6.07) is 9.05. The SMILES string of the molecule is C[B]n1ccc(C(=O)NCC(=O)Nc2nc(-c3cccc(N)c3)cs2)c1. The van der Waals surface area contributed by atoms with Crippen LogP contribution in [0.5, 0.6) is 0 Å². The summed E-state index contributed by atoms with van der Waals surface area (Å²) in [5, 5.41) is 7.57. The van der Waals surface area contributed by atoms with E-state index in [1.807, 2.05) is 37.8 Å². The molecule has 26 heavy (non-hydrogen) atoms. The van der Waals surface area contributed by atoms with Crippen molar-refractivity contribution in [1.29, 1.82) is 0 Å². The van der Waals surface area contributed by atoms with Crippen molar-refractivity contribution in [1.82, 2.24) is 14.8 Å². The highest BCUT2D eigenvalue weighted by Crippen LogP contribution is 2.25. The molecule has 0 aliphatic heterocycles. The Morgan fingerprint density at radius 2 is 2.19 bits per heavy atom. The molecule has 1 radical (unpaired) electrons. The molecule has 2 amide bonds. The molecular formula is C17H17BN5O2S. The van der Waals surface area contributed by atoms with E-state index in [4.69, 9.17) is 5.73 Å². The lowest BCUT2D eigenvalue weighted by Crippen LogP contribution is -2.32. The van der Waals surface area contributed by atoms with E-state index in [1.54, 1.807) is 29.0 Å². The number of nitrogens with one attached hydrogen (secondary N) is 2. The zero-order valence-electron chi connectivity index (χ0n) is 14.1. The summed E-state index contributed by atoms with van der Waals surface area (Å²) in [5.41, 5.74) is 8.53. The van der Waals surface area contributed by atoms with Crippen LogP contribution in [-0.2, 0) is 4.79 Å². The first-order valence-corrected chi connectivity index (χ1v) is 8.79. The zero-order chi connectivity index (χ0) is 18.5. The number of nitrogen functional groups attached to an aromatic ring is 1. The molecule has 0 saturated carbocycles. The third kappa shape index (κ3) is 4.31. The standard InChI is InChI=1S/C17H17BN5O2S/c1-18-23-6-5-12(9-23)16(25)20-8-15(24)22-17-21-14(10-26-17)11-3-2-4-13(19)7-11/h2-7,9-10H,8,19H2,1H3,(H,20,25)(H,21,22,24). The van der Waals surface area contributed by atoms with Crippen LogP contribution in [0, 0.1) is 0 Å². The van der Waals surface area contributed by atoms with Gasteiger partial charge in [0.05, 0.1) is 17.8 Å². The molecule has 0 spiro atoms. The molecule has 2 aromatic heterocycles. The summed E-state index contributed by atoms with van der Waals surface area (Å²) in [5.74, 6) is -0.645. The number of amides is 2. The number of hydrogen-bond acceptors (Lipinski definition) is 5. The van der Waals surface area contributed by atoms with E-state index in [1.165, 1.54) is 11.3 Å². The summed E-state index contributed by atoms with van der Waals surface area (Å²) in [6.07, 6.45) is 3.45. The topological polar surface area (TPSA) is 102 Å². The Bertz CT molecular complexity index is 937. The van der Waals surface area contributed by atoms with Gasteiger partial charge in [0.1, 0.15) is 0 Å². The Balaban J connectivity index is 1.54. The van der Waals surface area contributed by atoms with Gasteiger partial charge in [0.15, 0.2) is 5.13 Å². The minimum atomic E-state index is -0.340. The molecule has 1 aromatic carbocycles. The maximum atomic E-state index is 12.0. The predicted molar refractivity (Wildman–Crippen MR) is 104 cm³/mol. The molecule has 2 heterocycles. The van der Waals surface area contributed by atoms with E-state index in [-0.39, 0.29) is 18.4 Å². The Labute approximate surface area is 155 Å². The number of carbonyl (C=O) groups excluding carboxylic acids is 2. The Kier molecular flexibility index (Phi) is 5.38. The van der Waals surface area contributed by atoms with Gasteiger partial charge in [-0.1, -0.05) is 19.0 Å². The summed E-state index contributed by atoms with van der Waals surface area (Å²) >= 11 is 1.31. The molecule has 3 rings (SSSR count). The second kappa shape index (κ2) is 7.88. The summed E-state index contributed by atoms with van der Waals surface area (Å²) < 4.78 is 1.77. The maximum absolute atomic E-state index is 12.0. The highest BCUT2D eigenvalue weighted by Gasteiger charge is 2.11. The van der Waals surface area contributed by atoms with E-state index >= 15 is 0 Å². The number of aromatic nitrogens is 2. The van der Waals surface area contributed by atoms with Gasteiger partial charge in [-0.3, -0.25) is 9.59 Å². The molecule has 7 nitrogen and oxygen atoms in total. The van der Waals surface area contributed by atoms with E-state index in [0.29, 0.717) is 16.4 Å². The Hall–Kier alpha value is -3.07. The molecular weight excluding hydrogens is 349 g/mol. The van der Waals surface area contributed by atoms with Gasteiger partial charge >= 0.3 is 0 Å². The van der Waals surface area contributed by atoms with Gasteiger partial charge in [0, 0.05) is 22.8 Å². The molecule has 0 atom stereocenters. The third-order valence-electron chi connectivity index (χ3n) is 3.62.